The van der Waals surface area contributed by atoms with Gasteiger partial charge in [-0.2, -0.15) is 4.31 Å². The van der Waals surface area contributed by atoms with E-state index >= 15 is 0 Å². The fourth-order valence-electron chi connectivity index (χ4n) is 2.08. The Bertz CT molecular complexity index is 654. The normalized spacial score (nSPS) is 11.4. The second-order valence-corrected chi connectivity index (χ2v) is 6.88. The lowest BCUT2D eigenvalue weighted by atomic mass is 10.2. The number of primary amides is 1. The summed E-state index contributed by atoms with van der Waals surface area (Å²) in [6, 6.07) is 5.91. The largest absolute Gasteiger partial charge is 0.370 e. The lowest BCUT2D eigenvalue weighted by Crippen LogP contribution is -2.31. The molecule has 0 bridgehead atoms. The van der Waals surface area contributed by atoms with Crippen LogP contribution in [-0.4, -0.2) is 44.2 Å². The summed E-state index contributed by atoms with van der Waals surface area (Å²) in [5.74, 6) is -0.808. The van der Waals surface area contributed by atoms with Gasteiger partial charge in [-0.3, -0.25) is 9.59 Å². The lowest BCUT2D eigenvalue weighted by molar-refractivity contribution is -0.118. The molecule has 0 saturated carbocycles. The van der Waals surface area contributed by atoms with Gasteiger partial charge in [-0.1, -0.05) is 19.9 Å². The minimum atomic E-state index is -3.60. The highest BCUT2D eigenvalue weighted by molar-refractivity contribution is 7.89. The van der Waals surface area contributed by atoms with Crippen LogP contribution >= 0.6 is 0 Å². The molecule has 0 aliphatic heterocycles. The second kappa shape index (κ2) is 8.64. The predicted molar refractivity (Wildman–Crippen MR) is 87.3 cm³/mol. The summed E-state index contributed by atoms with van der Waals surface area (Å²) in [5.41, 5.74) is 5.28. The van der Waals surface area contributed by atoms with Crippen LogP contribution < -0.4 is 11.1 Å². The van der Waals surface area contributed by atoms with Gasteiger partial charge < -0.3 is 11.1 Å². The third-order valence-corrected chi connectivity index (χ3v) is 5.37. The van der Waals surface area contributed by atoms with Crippen molar-refractivity contribution < 1.29 is 18.0 Å². The molecule has 3 N–H and O–H groups in total. The summed E-state index contributed by atoms with van der Waals surface area (Å²) in [4.78, 5) is 22.8. The Morgan fingerprint density at radius 2 is 1.87 bits per heavy atom. The van der Waals surface area contributed by atoms with E-state index < -0.39 is 15.9 Å². The number of benzene rings is 1. The number of nitrogens with zero attached hydrogens (tertiary/aromatic N) is 1. The van der Waals surface area contributed by atoms with Crippen LogP contribution in [0.4, 0.5) is 0 Å². The maximum Gasteiger partial charge on any atom is 0.251 e. The smallest absolute Gasteiger partial charge is 0.251 e. The van der Waals surface area contributed by atoms with Crippen LogP contribution in [0.1, 0.15) is 37.0 Å². The average Bonchev–Trinajstić information content (AvgIpc) is 2.52. The van der Waals surface area contributed by atoms with Crippen molar-refractivity contribution >= 4 is 21.8 Å². The Morgan fingerprint density at radius 3 is 2.43 bits per heavy atom. The van der Waals surface area contributed by atoms with Gasteiger partial charge in [0.25, 0.3) is 5.91 Å². The van der Waals surface area contributed by atoms with Gasteiger partial charge in [0.15, 0.2) is 0 Å². The minimum absolute atomic E-state index is 0.0889. The fraction of sp³-hybridized carbons (Fsp3) is 0.467. The van der Waals surface area contributed by atoms with E-state index in [4.69, 9.17) is 5.73 Å². The van der Waals surface area contributed by atoms with Gasteiger partial charge in [0.05, 0.1) is 4.90 Å². The highest BCUT2D eigenvalue weighted by Gasteiger charge is 2.22. The van der Waals surface area contributed by atoms with E-state index in [1.165, 1.54) is 22.5 Å². The van der Waals surface area contributed by atoms with Gasteiger partial charge in [-0.15, -0.1) is 0 Å². The number of rotatable bonds is 9. The van der Waals surface area contributed by atoms with Gasteiger partial charge in [-0.05, 0) is 24.6 Å². The molecule has 7 nitrogen and oxygen atoms in total. The molecular weight excluding hydrogens is 318 g/mol. The Balaban J connectivity index is 2.84. The van der Waals surface area contributed by atoms with E-state index in [1.54, 1.807) is 19.9 Å². The van der Waals surface area contributed by atoms with Crippen LogP contribution in [0.5, 0.6) is 0 Å². The minimum Gasteiger partial charge on any atom is -0.370 e. The third kappa shape index (κ3) is 5.33. The summed E-state index contributed by atoms with van der Waals surface area (Å²) in [7, 11) is -3.60. The Morgan fingerprint density at radius 1 is 1.22 bits per heavy atom. The first-order valence-corrected chi connectivity index (χ1v) is 8.93. The number of amides is 2. The van der Waals surface area contributed by atoms with Gasteiger partial charge in [0.2, 0.25) is 15.9 Å². The predicted octanol–water partition coefficient (Wildman–Crippen LogP) is 0.712. The molecule has 0 aromatic heterocycles. The number of sulfonamides is 1. The molecule has 128 valence electrons. The molecule has 0 fully saturated rings. The van der Waals surface area contributed by atoms with Crippen LogP contribution in [-0.2, 0) is 14.8 Å². The van der Waals surface area contributed by atoms with Crippen molar-refractivity contribution in [3.05, 3.63) is 29.8 Å². The van der Waals surface area contributed by atoms with Crippen molar-refractivity contribution in [1.29, 1.82) is 0 Å². The van der Waals surface area contributed by atoms with Crippen molar-refractivity contribution in [3.8, 4) is 0 Å². The Labute approximate surface area is 136 Å². The Kier molecular flexibility index (Phi) is 7.18. The van der Waals surface area contributed by atoms with E-state index in [0.717, 1.165) is 0 Å². The van der Waals surface area contributed by atoms with Crippen LogP contribution in [0.2, 0.25) is 0 Å². The summed E-state index contributed by atoms with van der Waals surface area (Å²) in [6.45, 7) is 4.55. The summed E-state index contributed by atoms with van der Waals surface area (Å²) >= 11 is 0. The molecule has 1 aromatic rings. The first kappa shape index (κ1) is 19.1. The molecular formula is C15H23N3O4S. The maximum atomic E-state index is 12.4. The highest BCUT2D eigenvalue weighted by atomic mass is 32.2. The number of hydrogen-bond acceptors (Lipinski definition) is 4. The van der Waals surface area contributed by atoms with Gasteiger partial charge in [0, 0.05) is 31.6 Å². The molecule has 1 aromatic carbocycles. The summed E-state index contributed by atoms with van der Waals surface area (Å²) in [6.07, 6.45) is 0.634. The average molecular weight is 341 g/mol. The van der Waals surface area contributed by atoms with E-state index in [2.05, 4.69) is 5.32 Å². The quantitative estimate of drug-likeness (QED) is 0.645. The van der Waals surface area contributed by atoms with Gasteiger partial charge in [0.1, 0.15) is 0 Å². The Hall–Kier alpha value is -1.93. The number of nitrogens with two attached hydrogens (primary N) is 1. The third-order valence-electron chi connectivity index (χ3n) is 3.32. The molecule has 0 aliphatic rings. The molecule has 0 aliphatic carbocycles. The zero-order valence-corrected chi connectivity index (χ0v) is 14.2. The molecule has 0 spiro atoms. The van der Waals surface area contributed by atoms with E-state index in [-0.39, 0.29) is 22.8 Å². The number of hydrogen-bond donors (Lipinski definition) is 2. The monoisotopic (exact) mass is 341 g/mol. The first-order chi connectivity index (χ1) is 10.8. The van der Waals surface area contributed by atoms with E-state index in [9.17, 15) is 18.0 Å². The molecule has 1 rings (SSSR count). The van der Waals surface area contributed by atoms with Crippen molar-refractivity contribution in [2.45, 2.75) is 31.6 Å². The maximum absolute atomic E-state index is 12.4. The van der Waals surface area contributed by atoms with Crippen LogP contribution in [0, 0.1) is 0 Å². The molecule has 8 heteroatoms. The molecule has 0 radical (unpaired) electrons. The van der Waals surface area contributed by atoms with Crippen molar-refractivity contribution in [2.75, 3.05) is 19.6 Å². The zero-order valence-electron chi connectivity index (χ0n) is 13.4. The molecule has 0 heterocycles. The molecule has 2 amide bonds. The molecule has 0 atom stereocenters. The van der Waals surface area contributed by atoms with Crippen LogP contribution in [0.25, 0.3) is 0 Å². The lowest BCUT2D eigenvalue weighted by Gasteiger charge is -2.18. The first-order valence-electron chi connectivity index (χ1n) is 7.49. The topological polar surface area (TPSA) is 110 Å². The standard InChI is InChI=1S/C15H23N3O4S/c1-3-18(4-2)23(21,22)13-8-5-7-12(11-13)15(20)17-10-6-9-14(16)19/h5,7-8,11H,3-4,6,9-10H2,1-2H3,(H2,16,19)(H,17,20). The van der Waals surface area contributed by atoms with E-state index in [1.807, 2.05) is 0 Å². The van der Waals surface area contributed by atoms with Gasteiger partial charge in [-0.25, -0.2) is 8.42 Å². The van der Waals surface area contributed by atoms with E-state index in [0.29, 0.717) is 26.1 Å². The number of carbonyl (C=O) groups excluding carboxylic acids is 2. The van der Waals surface area contributed by atoms with Gasteiger partial charge >= 0.3 is 0 Å². The SMILES string of the molecule is CCN(CC)S(=O)(=O)c1cccc(C(=O)NCCCC(N)=O)c1. The number of carbonyl (C=O) groups is 2. The highest BCUT2D eigenvalue weighted by Crippen LogP contribution is 2.16. The van der Waals surface area contributed by atoms with Crippen molar-refractivity contribution in [1.82, 2.24) is 9.62 Å². The van der Waals surface area contributed by atoms with Crippen LogP contribution in [0.3, 0.4) is 0 Å². The molecule has 23 heavy (non-hydrogen) atoms. The van der Waals surface area contributed by atoms with Crippen LogP contribution in [0.15, 0.2) is 29.2 Å². The molecule has 0 saturated heterocycles. The number of nitrogens with one attached hydrogen (secondary N) is 1. The fourth-order valence-corrected chi connectivity index (χ4v) is 3.58. The second-order valence-electron chi connectivity index (χ2n) is 4.94. The summed E-state index contributed by atoms with van der Waals surface area (Å²) in [5, 5.41) is 2.64. The summed E-state index contributed by atoms with van der Waals surface area (Å²) < 4.78 is 26.2. The van der Waals surface area contributed by atoms with Crippen molar-refractivity contribution in [2.24, 2.45) is 5.73 Å². The molecule has 0 unspecified atom stereocenters. The van der Waals surface area contributed by atoms with Crippen molar-refractivity contribution in [3.63, 3.8) is 0 Å². The zero-order chi connectivity index (χ0) is 17.5.